The number of nitrogens with zero attached hydrogens (tertiary/aromatic N) is 2. The zero-order valence-corrected chi connectivity index (χ0v) is 21.4. The highest BCUT2D eigenvalue weighted by Crippen LogP contribution is 2.20. The van der Waals surface area contributed by atoms with Crippen molar-refractivity contribution in [2.75, 3.05) is 29.7 Å². The van der Waals surface area contributed by atoms with E-state index in [-0.39, 0.29) is 10.8 Å². The Bertz CT molecular complexity index is 1350. The molecule has 4 rings (SSSR count). The molecule has 0 radical (unpaired) electrons. The van der Waals surface area contributed by atoms with Gasteiger partial charge in [-0.05, 0) is 79.8 Å². The predicted molar refractivity (Wildman–Crippen MR) is 146 cm³/mol. The first kappa shape index (κ1) is 26.1. The van der Waals surface area contributed by atoms with Crippen LogP contribution in [0.25, 0.3) is 0 Å². The van der Waals surface area contributed by atoms with Gasteiger partial charge in [-0.25, -0.2) is 18.3 Å². The average Bonchev–Trinajstić information content (AvgIpc) is 3.18. The van der Waals surface area contributed by atoms with Crippen LogP contribution in [0, 0.1) is 0 Å². The molecule has 8 nitrogen and oxygen atoms in total. The third-order valence-corrected chi connectivity index (χ3v) is 7.55. The number of sulfonamides is 1. The van der Waals surface area contributed by atoms with Crippen molar-refractivity contribution in [1.82, 2.24) is 4.90 Å². The van der Waals surface area contributed by atoms with Crippen LogP contribution in [-0.2, 0) is 10.0 Å². The van der Waals surface area contributed by atoms with E-state index in [0.717, 1.165) is 44.3 Å². The molecule has 0 bridgehead atoms. The summed E-state index contributed by atoms with van der Waals surface area (Å²) < 4.78 is 29.5. The lowest BCUT2D eigenvalue weighted by atomic mass is 10.1. The number of urea groups is 1. The molecule has 0 saturated carbocycles. The van der Waals surface area contributed by atoms with Crippen LogP contribution in [0.4, 0.5) is 16.2 Å². The van der Waals surface area contributed by atoms with E-state index >= 15 is 0 Å². The van der Waals surface area contributed by atoms with Gasteiger partial charge in [0.2, 0.25) is 0 Å². The molecule has 1 fully saturated rings. The summed E-state index contributed by atoms with van der Waals surface area (Å²) in [6, 6.07) is 11.9. The van der Waals surface area contributed by atoms with Gasteiger partial charge in [-0.3, -0.25) is 9.52 Å². The molecule has 0 aromatic heterocycles. The van der Waals surface area contributed by atoms with E-state index in [1.165, 1.54) is 28.8 Å². The normalized spacial score (nSPS) is 15.5. The number of piperidine rings is 1. The first-order valence-corrected chi connectivity index (χ1v) is 13.7. The third-order valence-electron chi connectivity index (χ3n) is 6.15. The lowest BCUT2D eigenvalue weighted by Crippen LogP contribution is -2.35. The summed E-state index contributed by atoms with van der Waals surface area (Å²) in [6.07, 6.45) is 13.9. The number of carbonyl (C=O) groups is 2. The van der Waals surface area contributed by atoms with Crippen molar-refractivity contribution in [1.29, 1.82) is 0 Å². The molecule has 0 unspecified atom stereocenters. The molecule has 192 valence electrons. The maximum atomic E-state index is 12.8. The zero-order valence-electron chi connectivity index (χ0n) is 20.6. The number of hydrogen-bond acceptors (Lipinski definition) is 4. The van der Waals surface area contributed by atoms with Crippen molar-refractivity contribution >= 4 is 40.1 Å². The quantitative estimate of drug-likeness (QED) is 0.406. The fourth-order valence-electron chi connectivity index (χ4n) is 4.12. The highest BCUT2D eigenvalue weighted by Gasteiger charge is 2.20. The van der Waals surface area contributed by atoms with Gasteiger partial charge in [-0.2, -0.15) is 4.79 Å². The number of carbonyl (C=O) groups excluding carboxylic acids is 2. The van der Waals surface area contributed by atoms with Crippen LogP contribution in [-0.4, -0.2) is 56.2 Å². The van der Waals surface area contributed by atoms with Gasteiger partial charge >= 0.3 is 6.03 Å². The van der Waals surface area contributed by atoms with E-state index in [0.29, 0.717) is 23.5 Å². The minimum atomic E-state index is -3.85. The third kappa shape index (κ3) is 7.04. The van der Waals surface area contributed by atoms with Crippen molar-refractivity contribution in [2.24, 2.45) is 0 Å². The van der Waals surface area contributed by atoms with Crippen LogP contribution in [0.15, 0.2) is 89.4 Å². The summed E-state index contributed by atoms with van der Waals surface area (Å²) in [5.74, 6) is -0.0353. The molecule has 2 aromatic rings. The maximum Gasteiger partial charge on any atom is 0.495 e. The molecule has 37 heavy (non-hydrogen) atoms. The Labute approximate surface area is 217 Å². The Morgan fingerprint density at radius 1 is 0.919 bits per heavy atom. The fourth-order valence-corrected chi connectivity index (χ4v) is 5.17. The molecule has 0 spiro atoms. The van der Waals surface area contributed by atoms with Crippen LogP contribution >= 0.6 is 0 Å². The molecule has 3 amide bonds. The van der Waals surface area contributed by atoms with E-state index in [2.05, 4.69) is 16.8 Å². The lowest BCUT2D eigenvalue weighted by Gasteiger charge is -2.26. The largest absolute Gasteiger partial charge is 0.495 e. The number of amides is 3. The maximum absolute atomic E-state index is 12.8. The Morgan fingerprint density at radius 3 is 2.30 bits per heavy atom. The number of allylic oxidation sites excluding steroid dienone is 4. The summed E-state index contributed by atoms with van der Waals surface area (Å²) in [5, 5.41) is 2.72. The monoisotopic (exact) mass is 519 g/mol. The van der Waals surface area contributed by atoms with Gasteiger partial charge in [0.25, 0.3) is 15.9 Å². The Balaban J connectivity index is 1.34. The Hall–Kier alpha value is -3.98. The standard InChI is InChI=1S/C28H30N4O4S/c1-31(21-22-9-5-2-3-6-10-22)28(34)29-24-15-17-26(18-16-24)37(35,36)30-25-13-11-23(12-14-25)27(33)32-19-7-4-8-20-32/h2,5-6,9-18H,1,3-4,7-8,19-21H2,(H-,29,30,33,34)/p+1. The zero-order chi connectivity index (χ0) is 26.3. The molecule has 2 N–H and O–H groups in total. The molecular weight excluding hydrogens is 488 g/mol. The summed E-state index contributed by atoms with van der Waals surface area (Å²) in [6.45, 7) is 5.64. The summed E-state index contributed by atoms with van der Waals surface area (Å²) in [7, 11) is -3.85. The van der Waals surface area contributed by atoms with Crippen molar-refractivity contribution in [3.63, 3.8) is 0 Å². The SMILES string of the molecule is C=[N+](CC1=CC=CCC=C1)C(=O)Nc1ccc(S(=O)(=O)Nc2ccc(C(=O)N3CCCCC3)cc2)cc1. The van der Waals surface area contributed by atoms with Crippen LogP contribution in [0.1, 0.15) is 36.0 Å². The molecule has 1 heterocycles. The molecule has 0 atom stereocenters. The van der Waals surface area contributed by atoms with Crippen molar-refractivity contribution < 1.29 is 22.6 Å². The topological polar surface area (TPSA) is 98.6 Å². The summed E-state index contributed by atoms with van der Waals surface area (Å²) in [5.41, 5.74) is 2.29. The van der Waals surface area contributed by atoms with E-state index < -0.39 is 16.1 Å². The van der Waals surface area contributed by atoms with Gasteiger partial charge in [-0.1, -0.05) is 30.4 Å². The van der Waals surface area contributed by atoms with Gasteiger partial charge in [0, 0.05) is 24.3 Å². The molecule has 1 aliphatic heterocycles. The molecular formula is C28H31N4O4S+. The summed E-state index contributed by atoms with van der Waals surface area (Å²) in [4.78, 5) is 27.0. The molecule has 1 aliphatic carbocycles. The molecule has 2 aliphatic rings. The highest BCUT2D eigenvalue weighted by atomic mass is 32.2. The van der Waals surface area contributed by atoms with Crippen LogP contribution < -0.4 is 10.0 Å². The number of anilines is 2. The van der Waals surface area contributed by atoms with Crippen molar-refractivity contribution in [3.8, 4) is 0 Å². The van der Waals surface area contributed by atoms with E-state index in [1.807, 2.05) is 35.3 Å². The first-order chi connectivity index (χ1) is 17.8. The molecule has 1 saturated heterocycles. The lowest BCUT2D eigenvalue weighted by molar-refractivity contribution is -0.404. The first-order valence-electron chi connectivity index (χ1n) is 12.3. The van der Waals surface area contributed by atoms with Crippen LogP contribution in [0.2, 0.25) is 0 Å². The van der Waals surface area contributed by atoms with Crippen molar-refractivity contribution in [3.05, 3.63) is 90.0 Å². The average molecular weight is 520 g/mol. The second-order valence-corrected chi connectivity index (χ2v) is 10.7. The van der Waals surface area contributed by atoms with Gasteiger partial charge in [0.05, 0.1) is 11.6 Å². The highest BCUT2D eigenvalue weighted by molar-refractivity contribution is 7.92. The van der Waals surface area contributed by atoms with Gasteiger partial charge in [-0.15, -0.1) is 0 Å². The van der Waals surface area contributed by atoms with E-state index in [1.54, 1.807) is 24.3 Å². The smallest absolute Gasteiger partial charge is 0.339 e. The van der Waals surface area contributed by atoms with Gasteiger partial charge in [0.1, 0.15) is 12.2 Å². The van der Waals surface area contributed by atoms with Crippen molar-refractivity contribution in [2.45, 2.75) is 30.6 Å². The number of likely N-dealkylation sites (tertiary alicyclic amines) is 1. The minimum absolute atomic E-state index is 0.0353. The minimum Gasteiger partial charge on any atom is -0.339 e. The summed E-state index contributed by atoms with van der Waals surface area (Å²) >= 11 is 0. The number of benzene rings is 2. The van der Waals surface area contributed by atoms with E-state index in [4.69, 9.17) is 0 Å². The van der Waals surface area contributed by atoms with Crippen LogP contribution in [0.5, 0.6) is 0 Å². The van der Waals surface area contributed by atoms with Crippen LogP contribution in [0.3, 0.4) is 0 Å². The Kier molecular flexibility index (Phi) is 8.35. The second-order valence-electron chi connectivity index (χ2n) is 9.00. The van der Waals surface area contributed by atoms with Gasteiger partial charge < -0.3 is 4.90 Å². The molecule has 2 aromatic carbocycles. The fraction of sp³-hybridized carbons (Fsp3) is 0.250. The predicted octanol–water partition coefficient (Wildman–Crippen LogP) is 4.80. The Morgan fingerprint density at radius 2 is 1.59 bits per heavy atom. The number of nitrogens with one attached hydrogen (secondary N) is 2. The molecule has 9 heteroatoms. The number of hydrogen-bond donors (Lipinski definition) is 2. The van der Waals surface area contributed by atoms with Gasteiger partial charge in [0.15, 0.2) is 0 Å². The second kappa shape index (κ2) is 11.8. The van der Waals surface area contributed by atoms with E-state index in [9.17, 15) is 18.0 Å². The number of rotatable bonds is 7.